The maximum atomic E-state index is 12.6. The van der Waals surface area contributed by atoms with Crippen molar-refractivity contribution < 1.29 is 4.79 Å². The fraction of sp³-hybridized carbons (Fsp3) is 0.706. The summed E-state index contributed by atoms with van der Waals surface area (Å²) in [6.45, 7) is 4.40. The van der Waals surface area contributed by atoms with Crippen molar-refractivity contribution in [1.29, 1.82) is 0 Å². The topological polar surface area (TPSA) is 46.1 Å². The molecule has 1 amide bonds. The smallest absolute Gasteiger partial charge is 0.268 e. The molecule has 2 N–H and O–H groups in total. The maximum Gasteiger partial charge on any atom is 0.268 e. The van der Waals surface area contributed by atoms with Gasteiger partial charge in [-0.25, -0.2) is 0 Å². The zero-order valence-electron chi connectivity index (χ0n) is 13.0. The van der Waals surface area contributed by atoms with Gasteiger partial charge in [0.1, 0.15) is 5.69 Å². The average Bonchev–Trinajstić information content (AvgIpc) is 3.00. The number of piperidine rings is 1. The number of hydrogen-bond donors (Lipinski definition) is 2. The molecular formula is C17H27N3O. The Morgan fingerprint density at radius 3 is 2.62 bits per heavy atom. The molecule has 1 saturated carbocycles. The van der Waals surface area contributed by atoms with Crippen LogP contribution >= 0.6 is 0 Å². The summed E-state index contributed by atoms with van der Waals surface area (Å²) in [4.78, 5) is 12.6. The molecule has 116 valence electrons. The van der Waals surface area contributed by atoms with E-state index in [1.54, 1.807) is 0 Å². The molecule has 2 aliphatic rings. The Labute approximate surface area is 127 Å². The van der Waals surface area contributed by atoms with E-state index in [4.69, 9.17) is 0 Å². The highest BCUT2D eigenvalue weighted by Gasteiger charge is 2.23. The van der Waals surface area contributed by atoms with Crippen LogP contribution in [0, 0.1) is 5.92 Å². The van der Waals surface area contributed by atoms with Crippen LogP contribution in [0.4, 0.5) is 0 Å². The van der Waals surface area contributed by atoms with Crippen molar-refractivity contribution >= 4 is 5.91 Å². The summed E-state index contributed by atoms with van der Waals surface area (Å²) in [7, 11) is 0. The van der Waals surface area contributed by atoms with Gasteiger partial charge in [-0.15, -0.1) is 0 Å². The first-order valence-electron chi connectivity index (χ1n) is 8.42. The molecule has 1 saturated heterocycles. The van der Waals surface area contributed by atoms with Crippen molar-refractivity contribution in [3.05, 3.63) is 24.0 Å². The average molecular weight is 289 g/mol. The molecule has 1 aliphatic carbocycles. The highest BCUT2D eigenvalue weighted by molar-refractivity contribution is 5.93. The van der Waals surface area contributed by atoms with Gasteiger partial charge in [-0.05, 0) is 69.7 Å². The summed E-state index contributed by atoms with van der Waals surface area (Å²) in [6.07, 6.45) is 9.00. The second-order valence-electron chi connectivity index (χ2n) is 6.71. The number of carbonyl (C=O) groups excluding carboxylic acids is 1. The van der Waals surface area contributed by atoms with Gasteiger partial charge in [0.25, 0.3) is 5.91 Å². The molecule has 0 spiro atoms. The highest BCUT2D eigenvalue weighted by Crippen LogP contribution is 2.25. The van der Waals surface area contributed by atoms with Crippen LogP contribution < -0.4 is 10.6 Å². The molecule has 1 aromatic rings. The van der Waals surface area contributed by atoms with Crippen molar-refractivity contribution in [1.82, 2.24) is 15.2 Å². The predicted octanol–water partition coefficient (Wildman–Crippen LogP) is 2.72. The molecule has 0 unspecified atom stereocenters. The number of rotatable bonds is 3. The third kappa shape index (κ3) is 3.49. The minimum absolute atomic E-state index is 0.109. The molecule has 1 aliphatic heterocycles. The van der Waals surface area contributed by atoms with Crippen LogP contribution in [0.5, 0.6) is 0 Å². The van der Waals surface area contributed by atoms with E-state index >= 15 is 0 Å². The van der Waals surface area contributed by atoms with Gasteiger partial charge in [-0.2, -0.15) is 0 Å². The molecule has 0 radical (unpaired) electrons. The van der Waals surface area contributed by atoms with E-state index in [1.807, 2.05) is 12.1 Å². The van der Waals surface area contributed by atoms with E-state index in [-0.39, 0.29) is 5.91 Å². The lowest BCUT2D eigenvalue weighted by Gasteiger charge is -2.28. The standard InChI is InChI=1S/C17H27N3O/c1-13-4-6-14(7-5-13)19-17(21)16-3-2-12-20(16)15-8-10-18-11-9-15/h2-3,12-15,18H,4-11H2,1H3,(H,19,21). The Morgan fingerprint density at radius 2 is 1.90 bits per heavy atom. The molecule has 1 aromatic heterocycles. The molecule has 2 fully saturated rings. The van der Waals surface area contributed by atoms with Crippen LogP contribution in [0.25, 0.3) is 0 Å². The SMILES string of the molecule is CC1CCC(NC(=O)c2cccn2C2CCNCC2)CC1. The summed E-state index contributed by atoms with van der Waals surface area (Å²) in [5.74, 6) is 0.926. The zero-order chi connectivity index (χ0) is 14.7. The molecule has 2 heterocycles. The van der Waals surface area contributed by atoms with Crippen molar-refractivity contribution in [3.8, 4) is 0 Å². The third-order valence-electron chi connectivity index (χ3n) is 5.06. The Hall–Kier alpha value is -1.29. The normalized spacial score (nSPS) is 27.5. The van der Waals surface area contributed by atoms with Crippen LogP contribution in [-0.4, -0.2) is 29.6 Å². The van der Waals surface area contributed by atoms with Crippen molar-refractivity contribution in [2.75, 3.05) is 13.1 Å². The lowest BCUT2D eigenvalue weighted by Crippen LogP contribution is -2.39. The molecular weight excluding hydrogens is 262 g/mol. The molecule has 3 rings (SSSR count). The third-order valence-corrected chi connectivity index (χ3v) is 5.06. The predicted molar refractivity (Wildman–Crippen MR) is 84.5 cm³/mol. The lowest BCUT2D eigenvalue weighted by atomic mass is 9.87. The van der Waals surface area contributed by atoms with Gasteiger partial charge in [-0.1, -0.05) is 6.92 Å². The van der Waals surface area contributed by atoms with E-state index < -0.39 is 0 Å². The Bertz CT molecular complexity index is 468. The number of amides is 1. The van der Waals surface area contributed by atoms with Gasteiger partial charge >= 0.3 is 0 Å². The number of nitrogens with one attached hydrogen (secondary N) is 2. The Balaban J connectivity index is 1.63. The van der Waals surface area contributed by atoms with E-state index in [0.29, 0.717) is 12.1 Å². The highest BCUT2D eigenvalue weighted by atomic mass is 16.2. The first-order chi connectivity index (χ1) is 10.2. The lowest BCUT2D eigenvalue weighted by molar-refractivity contribution is 0.0910. The van der Waals surface area contributed by atoms with Crippen molar-refractivity contribution in [2.24, 2.45) is 5.92 Å². The van der Waals surface area contributed by atoms with Crippen LogP contribution in [0.1, 0.15) is 62.0 Å². The Morgan fingerprint density at radius 1 is 1.19 bits per heavy atom. The zero-order valence-corrected chi connectivity index (χ0v) is 13.0. The molecule has 0 bridgehead atoms. The van der Waals surface area contributed by atoms with Crippen molar-refractivity contribution in [2.45, 2.75) is 57.5 Å². The summed E-state index contributed by atoms with van der Waals surface area (Å²) in [6, 6.07) is 4.79. The van der Waals surface area contributed by atoms with Gasteiger partial charge in [0, 0.05) is 18.3 Å². The molecule has 0 atom stereocenters. The summed E-state index contributed by atoms with van der Waals surface area (Å²) >= 11 is 0. The first kappa shape index (κ1) is 14.6. The second-order valence-corrected chi connectivity index (χ2v) is 6.71. The monoisotopic (exact) mass is 289 g/mol. The van der Waals surface area contributed by atoms with Gasteiger partial charge < -0.3 is 15.2 Å². The van der Waals surface area contributed by atoms with Crippen molar-refractivity contribution in [3.63, 3.8) is 0 Å². The van der Waals surface area contributed by atoms with E-state index in [2.05, 4.69) is 28.3 Å². The quantitative estimate of drug-likeness (QED) is 0.898. The minimum Gasteiger partial charge on any atom is -0.348 e. The van der Waals surface area contributed by atoms with Crippen LogP contribution in [0.15, 0.2) is 18.3 Å². The second kappa shape index (κ2) is 6.65. The molecule has 0 aromatic carbocycles. The van der Waals surface area contributed by atoms with E-state index in [0.717, 1.165) is 50.4 Å². The minimum atomic E-state index is 0.109. The summed E-state index contributed by atoms with van der Waals surface area (Å²) < 4.78 is 2.18. The first-order valence-corrected chi connectivity index (χ1v) is 8.42. The number of aromatic nitrogens is 1. The molecule has 4 heteroatoms. The number of carbonyl (C=O) groups is 1. The number of hydrogen-bond acceptors (Lipinski definition) is 2. The summed E-state index contributed by atoms with van der Waals surface area (Å²) in [5, 5.41) is 6.63. The van der Waals surface area contributed by atoms with Gasteiger partial charge in [0.2, 0.25) is 0 Å². The Kier molecular flexibility index (Phi) is 4.63. The summed E-state index contributed by atoms with van der Waals surface area (Å²) in [5.41, 5.74) is 0.834. The van der Waals surface area contributed by atoms with Gasteiger partial charge in [-0.3, -0.25) is 4.79 Å². The van der Waals surface area contributed by atoms with Gasteiger partial charge in [0.15, 0.2) is 0 Å². The number of nitrogens with zero attached hydrogens (tertiary/aromatic N) is 1. The fourth-order valence-corrected chi connectivity index (χ4v) is 3.65. The van der Waals surface area contributed by atoms with Crippen LogP contribution in [0.2, 0.25) is 0 Å². The largest absolute Gasteiger partial charge is 0.348 e. The van der Waals surface area contributed by atoms with E-state index in [9.17, 15) is 4.79 Å². The van der Waals surface area contributed by atoms with Gasteiger partial charge in [0.05, 0.1) is 0 Å². The van der Waals surface area contributed by atoms with E-state index in [1.165, 1.54) is 12.8 Å². The maximum absolute atomic E-state index is 12.6. The molecule has 21 heavy (non-hydrogen) atoms. The fourth-order valence-electron chi connectivity index (χ4n) is 3.65. The van der Waals surface area contributed by atoms with Crippen LogP contribution in [-0.2, 0) is 0 Å². The molecule has 4 nitrogen and oxygen atoms in total. The van der Waals surface area contributed by atoms with Crippen LogP contribution in [0.3, 0.4) is 0 Å².